The molecule has 0 aromatic carbocycles. The van der Waals surface area contributed by atoms with Gasteiger partial charge in [0.1, 0.15) is 0 Å². The van der Waals surface area contributed by atoms with Crippen LogP contribution in [0.15, 0.2) is 6.07 Å². The summed E-state index contributed by atoms with van der Waals surface area (Å²) in [4.78, 5) is 0. The molecule has 3 heteroatoms. The number of aromatic nitrogens is 1. The molecular weight excluding hydrogens is 200 g/mol. The lowest BCUT2D eigenvalue weighted by atomic mass is 10.2. The van der Waals surface area contributed by atoms with Crippen molar-refractivity contribution in [2.75, 3.05) is 19.8 Å². The Labute approximate surface area is 98.8 Å². The van der Waals surface area contributed by atoms with Crippen molar-refractivity contribution >= 4 is 0 Å². The average Bonchev–Trinajstić information content (AvgIpc) is 2.53. The van der Waals surface area contributed by atoms with Gasteiger partial charge < -0.3 is 14.6 Å². The van der Waals surface area contributed by atoms with Gasteiger partial charge in [-0.1, -0.05) is 0 Å². The first-order chi connectivity index (χ1) is 7.70. The van der Waals surface area contributed by atoms with E-state index >= 15 is 0 Å². The molecule has 1 aromatic heterocycles. The topological polar surface area (TPSA) is 26.2 Å². The maximum atomic E-state index is 5.28. The Balaban J connectivity index is 2.42. The number of hydrogen-bond donors (Lipinski definition) is 1. The van der Waals surface area contributed by atoms with Gasteiger partial charge in [0.2, 0.25) is 0 Å². The quantitative estimate of drug-likeness (QED) is 0.719. The third kappa shape index (κ3) is 3.35. The first-order valence-corrected chi connectivity index (χ1v) is 6.14. The zero-order chi connectivity index (χ0) is 12.0. The summed E-state index contributed by atoms with van der Waals surface area (Å²) in [6, 6.07) is 2.27. The highest BCUT2D eigenvalue weighted by molar-refractivity contribution is 5.26. The summed E-state index contributed by atoms with van der Waals surface area (Å²) in [5.41, 5.74) is 4.13. The number of aryl methyl sites for hydroxylation is 1. The molecule has 0 aliphatic carbocycles. The molecule has 92 valence electrons. The van der Waals surface area contributed by atoms with Crippen LogP contribution in [0.4, 0.5) is 0 Å². The van der Waals surface area contributed by atoms with E-state index < -0.39 is 0 Å². The van der Waals surface area contributed by atoms with E-state index in [2.05, 4.69) is 36.7 Å². The number of nitrogens with one attached hydrogen (secondary N) is 1. The summed E-state index contributed by atoms with van der Waals surface area (Å²) in [5.74, 6) is 0. The van der Waals surface area contributed by atoms with Gasteiger partial charge in [0, 0.05) is 37.6 Å². The molecule has 0 radical (unpaired) electrons. The molecule has 0 aliphatic heterocycles. The second-order valence-corrected chi connectivity index (χ2v) is 4.01. The van der Waals surface area contributed by atoms with Crippen LogP contribution >= 0.6 is 0 Å². The van der Waals surface area contributed by atoms with Crippen LogP contribution in [0, 0.1) is 13.8 Å². The van der Waals surface area contributed by atoms with Crippen LogP contribution in [0.25, 0.3) is 0 Å². The van der Waals surface area contributed by atoms with Crippen LogP contribution in [0.3, 0.4) is 0 Å². The van der Waals surface area contributed by atoms with Gasteiger partial charge in [-0.05, 0) is 39.3 Å². The highest BCUT2D eigenvalue weighted by atomic mass is 16.5. The second kappa shape index (κ2) is 6.71. The molecule has 3 nitrogen and oxygen atoms in total. The lowest BCUT2D eigenvalue weighted by molar-refractivity contribution is 0.149. The maximum absolute atomic E-state index is 5.28. The standard InChI is InChI=1S/C13H24N2O/c1-5-15-11(3)9-13(12(15)4)10-14-7-8-16-6-2/h9,14H,5-8,10H2,1-4H3. The molecule has 0 saturated heterocycles. The number of rotatable bonds is 7. The van der Waals surface area contributed by atoms with Gasteiger partial charge >= 0.3 is 0 Å². The molecule has 0 bridgehead atoms. The van der Waals surface area contributed by atoms with Crippen molar-refractivity contribution < 1.29 is 4.74 Å². The number of ether oxygens (including phenoxy) is 1. The van der Waals surface area contributed by atoms with E-state index in [9.17, 15) is 0 Å². The van der Waals surface area contributed by atoms with Gasteiger partial charge in [-0.15, -0.1) is 0 Å². The third-order valence-corrected chi connectivity index (χ3v) is 2.94. The Morgan fingerprint density at radius 1 is 1.31 bits per heavy atom. The molecule has 0 aliphatic rings. The third-order valence-electron chi connectivity index (χ3n) is 2.94. The van der Waals surface area contributed by atoms with Crippen LogP contribution < -0.4 is 5.32 Å². The minimum atomic E-state index is 0.795. The molecule has 1 heterocycles. The Morgan fingerprint density at radius 3 is 2.62 bits per heavy atom. The summed E-state index contributed by atoms with van der Waals surface area (Å²) in [7, 11) is 0. The molecule has 0 unspecified atom stereocenters. The molecule has 0 atom stereocenters. The van der Waals surface area contributed by atoms with E-state index in [0.717, 1.165) is 32.8 Å². The van der Waals surface area contributed by atoms with E-state index in [4.69, 9.17) is 4.74 Å². The van der Waals surface area contributed by atoms with Gasteiger partial charge in [0.15, 0.2) is 0 Å². The Kier molecular flexibility index (Phi) is 5.56. The van der Waals surface area contributed by atoms with Crippen molar-refractivity contribution in [2.24, 2.45) is 0 Å². The Bertz CT molecular complexity index is 318. The fourth-order valence-electron chi connectivity index (χ4n) is 2.05. The van der Waals surface area contributed by atoms with Crippen molar-refractivity contribution in [3.05, 3.63) is 23.0 Å². The summed E-state index contributed by atoms with van der Waals surface area (Å²) in [6.45, 7) is 13.1. The van der Waals surface area contributed by atoms with Gasteiger partial charge in [0.05, 0.1) is 6.61 Å². The molecule has 0 spiro atoms. The predicted octanol–water partition coefficient (Wildman–Crippen LogP) is 2.25. The van der Waals surface area contributed by atoms with Crippen LogP contribution in [0.2, 0.25) is 0 Å². The second-order valence-electron chi connectivity index (χ2n) is 4.01. The summed E-state index contributed by atoms with van der Waals surface area (Å²) < 4.78 is 7.63. The molecule has 0 amide bonds. The molecule has 0 saturated carbocycles. The number of hydrogen-bond acceptors (Lipinski definition) is 2. The van der Waals surface area contributed by atoms with E-state index in [0.29, 0.717) is 0 Å². The summed E-state index contributed by atoms with van der Waals surface area (Å²) in [6.07, 6.45) is 0. The fraction of sp³-hybridized carbons (Fsp3) is 0.692. The molecule has 16 heavy (non-hydrogen) atoms. The zero-order valence-electron chi connectivity index (χ0n) is 11.0. The lowest BCUT2D eigenvalue weighted by Gasteiger charge is -2.07. The SMILES string of the molecule is CCOCCNCc1cc(C)n(CC)c1C. The normalized spacial score (nSPS) is 11.0. The van der Waals surface area contributed by atoms with E-state index in [-0.39, 0.29) is 0 Å². The van der Waals surface area contributed by atoms with Crippen molar-refractivity contribution in [3.8, 4) is 0 Å². The molecule has 0 fully saturated rings. The van der Waals surface area contributed by atoms with Gasteiger partial charge in [-0.25, -0.2) is 0 Å². The predicted molar refractivity (Wildman–Crippen MR) is 67.8 cm³/mol. The highest BCUT2D eigenvalue weighted by Gasteiger charge is 2.06. The van der Waals surface area contributed by atoms with Crippen LogP contribution in [-0.2, 0) is 17.8 Å². The van der Waals surface area contributed by atoms with Crippen molar-refractivity contribution in [2.45, 2.75) is 40.8 Å². The van der Waals surface area contributed by atoms with E-state index in [1.807, 2.05) is 6.92 Å². The van der Waals surface area contributed by atoms with Crippen LogP contribution in [0.1, 0.15) is 30.8 Å². The Morgan fingerprint density at radius 2 is 2.06 bits per heavy atom. The Hall–Kier alpha value is -0.800. The summed E-state index contributed by atoms with van der Waals surface area (Å²) in [5, 5.41) is 3.40. The van der Waals surface area contributed by atoms with Crippen LogP contribution in [0.5, 0.6) is 0 Å². The van der Waals surface area contributed by atoms with Gasteiger partial charge in [-0.2, -0.15) is 0 Å². The first-order valence-electron chi connectivity index (χ1n) is 6.14. The van der Waals surface area contributed by atoms with Gasteiger partial charge in [0.25, 0.3) is 0 Å². The molecule has 1 N–H and O–H groups in total. The first kappa shape index (κ1) is 13.3. The monoisotopic (exact) mass is 224 g/mol. The minimum absolute atomic E-state index is 0.795. The van der Waals surface area contributed by atoms with E-state index in [1.165, 1.54) is 17.0 Å². The maximum Gasteiger partial charge on any atom is 0.0590 e. The average molecular weight is 224 g/mol. The number of nitrogens with zero attached hydrogens (tertiary/aromatic N) is 1. The lowest BCUT2D eigenvalue weighted by Crippen LogP contribution is -2.19. The van der Waals surface area contributed by atoms with E-state index in [1.54, 1.807) is 0 Å². The van der Waals surface area contributed by atoms with Crippen molar-refractivity contribution in [1.29, 1.82) is 0 Å². The van der Waals surface area contributed by atoms with Gasteiger partial charge in [-0.3, -0.25) is 0 Å². The smallest absolute Gasteiger partial charge is 0.0590 e. The summed E-state index contributed by atoms with van der Waals surface area (Å²) >= 11 is 0. The highest BCUT2D eigenvalue weighted by Crippen LogP contribution is 2.14. The van der Waals surface area contributed by atoms with Crippen molar-refractivity contribution in [1.82, 2.24) is 9.88 Å². The van der Waals surface area contributed by atoms with Crippen LogP contribution in [-0.4, -0.2) is 24.3 Å². The molecule has 1 rings (SSSR count). The molecule has 1 aromatic rings. The minimum Gasteiger partial charge on any atom is -0.380 e. The molecular formula is C13H24N2O. The fourth-order valence-corrected chi connectivity index (χ4v) is 2.05. The zero-order valence-corrected chi connectivity index (χ0v) is 11.0. The van der Waals surface area contributed by atoms with Crippen molar-refractivity contribution in [3.63, 3.8) is 0 Å². The largest absolute Gasteiger partial charge is 0.380 e.